The average Bonchev–Trinajstić information content (AvgIpc) is 3.16. The standard InChI is InChI=1S/C19H20N6O3S/c26-19(15-4-3-8-23-12-13-29(27,28)22-18(15)23)24-10-6-14(7-11-24)17-21-20-16-5-1-2-9-25(16)17/h1-5,8-9,14H,6-7,10-13H2. The summed E-state index contributed by atoms with van der Waals surface area (Å²) in [6, 6.07) is 5.80. The van der Waals surface area contributed by atoms with E-state index in [4.69, 9.17) is 0 Å². The topological polar surface area (TPSA) is 100 Å². The van der Waals surface area contributed by atoms with E-state index in [1.807, 2.05) is 28.8 Å². The number of likely N-dealkylation sites (tertiary alicyclic amines) is 1. The number of hydrogen-bond donors (Lipinski definition) is 0. The summed E-state index contributed by atoms with van der Waals surface area (Å²) in [7, 11) is -3.53. The van der Waals surface area contributed by atoms with Gasteiger partial charge in [-0.15, -0.1) is 14.6 Å². The fourth-order valence-electron chi connectivity index (χ4n) is 4.03. The third-order valence-corrected chi connectivity index (χ3v) is 6.72. The number of amides is 1. The molecule has 3 aliphatic rings. The van der Waals surface area contributed by atoms with Crippen LogP contribution in [-0.2, 0) is 14.8 Å². The third kappa shape index (κ3) is 3.23. The highest BCUT2D eigenvalue weighted by Gasteiger charge is 2.34. The van der Waals surface area contributed by atoms with Crippen LogP contribution < -0.4 is 0 Å². The molecule has 9 nitrogen and oxygen atoms in total. The molecule has 3 aliphatic heterocycles. The molecule has 29 heavy (non-hydrogen) atoms. The zero-order valence-corrected chi connectivity index (χ0v) is 16.5. The van der Waals surface area contributed by atoms with E-state index in [0.717, 1.165) is 24.3 Å². The van der Waals surface area contributed by atoms with E-state index in [9.17, 15) is 13.2 Å². The van der Waals surface area contributed by atoms with Gasteiger partial charge in [0.25, 0.3) is 15.9 Å². The molecule has 5 heterocycles. The molecule has 0 radical (unpaired) electrons. The van der Waals surface area contributed by atoms with Gasteiger partial charge in [-0.3, -0.25) is 9.20 Å². The maximum atomic E-state index is 13.1. The smallest absolute Gasteiger partial charge is 0.257 e. The van der Waals surface area contributed by atoms with E-state index in [-0.39, 0.29) is 23.4 Å². The number of piperidine rings is 1. The van der Waals surface area contributed by atoms with Crippen LogP contribution in [-0.4, -0.2) is 69.9 Å². The van der Waals surface area contributed by atoms with Gasteiger partial charge in [-0.05, 0) is 37.1 Å². The Hall–Kier alpha value is -3.01. The van der Waals surface area contributed by atoms with Crippen molar-refractivity contribution in [1.29, 1.82) is 0 Å². The summed E-state index contributed by atoms with van der Waals surface area (Å²) in [5, 5.41) is 8.56. The van der Waals surface area contributed by atoms with Crippen LogP contribution in [0.2, 0.25) is 0 Å². The number of allylic oxidation sites excluding steroid dienone is 2. The van der Waals surface area contributed by atoms with E-state index in [2.05, 4.69) is 14.6 Å². The van der Waals surface area contributed by atoms with Crippen molar-refractivity contribution in [3.63, 3.8) is 0 Å². The SMILES string of the molecule is O=C(C1=CC=CN2CCS(=O)(=O)N=C12)N1CCC(c2nnc3ccccn23)CC1. The summed E-state index contributed by atoms with van der Waals surface area (Å²) in [5.74, 6) is 1.15. The molecule has 1 fully saturated rings. The highest BCUT2D eigenvalue weighted by molar-refractivity contribution is 7.90. The maximum absolute atomic E-state index is 13.1. The molecule has 0 aromatic carbocycles. The normalized spacial score (nSPS) is 21.7. The Balaban J connectivity index is 1.33. The molecule has 0 spiro atoms. The first-order valence-corrected chi connectivity index (χ1v) is 11.2. The molecule has 2 aromatic rings. The van der Waals surface area contributed by atoms with Gasteiger partial charge in [0.1, 0.15) is 5.82 Å². The molecule has 0 N–H and O–H groups in total. The molecular formula is C19H20N6O3S. The van der Waals surface area contributed by atoms with E-state index < -0.39 is 10.0 Å². The van der Waals surface area contributed by atoms with Gasteiger partial charge in [0.05, 0.1) is 11.3 Å². The van der Waals surface area contributed by atoms with Crippen LogP contribution in [0.3, 0.4) is 0 Å². The molecule has 0 aliphatic carbocycles. The van der Waals surface area contributed by atoms with Crippen molar-refractivity contribution >= 4 is 27.4 Å². The summed E-state index contributed by atoms with van der Waals surface area (Å²) >= 11 is 0. The van der Waals surface area contributed by atoms with Crippen LogP contribution in [0.15, 0.2) is 52.7 Å². The van der Waals surface area contributed by atoms with Crippen molar-refractivity contribution < 1.29 is 13.2 Å². The molecular weight excluding hydrogens is 392 g/mol. The average molecular weight is 412 g/mol. The maximum Gasteiger partial charge on any atom is 0.257 e. The Morgan fingerprint density at radius 2 is 1.93 bits per heavy atom. The predicted molar refractivity (Wildman–Crippen MR) is 107 cm³/mol. The highest BCUT2D eigenvalue weighted by atomic mass is 32.2. The van der Waals surface area contributed by atoms with Crippen molar-refractivity contribution in [3.8, 4) is 0 Å². The van der Waals surface area contributed by atoms with Crippen LogP contribution >= 0.6 is 0 Å². The summed E-state index contributed by atoms with van der Waals surface area (Å²) in [6.45, 7) is 1.46. The van der Waals surface area contributed by atoms with Gasteiger partial charge in [0.15, 0.2) is 11.5 Å². The molecule has 0 saturated carbocycles. The summed E-state index contributed by atoms with van der Waals surface area (Å²) < 4.78 is 29.7. The number of aromatic nitrogens is 3. The monoisotopic (exact) mass is 412 g/mol. The van der Waals surface area contributed by atoms with Crippen molar-refractivity contribution in [1.82, 2.24) is 24.4 Å². The van der Waals surface area contributed by atoms with Crippen LogP contribution in [0.4, 0.5) is 0 Å². The van der Waals surface area contributed by atoms with E-state index in [0.29, 0.717) is 25.2 Å². The van der Waals surface area contributed by atoms with Gasteiger partial charge >= 0.3 is 0 Å². The Kier molecular flexibility index (Phi) is 4.23. The lowest BCUT2D eigenvalue weighted by Crippen LogP contribution is -2.45. The number of carbonyl (C=O) groups is 1. The Morgan fingerprint density at radius 1 is 1.10 bits per heavy atom. The van der Waals surface area contributed by atoms with Crippen LogP contribution in [0, 0.1) is 0 Å². The molecule has 2 aromatic heterocycles. The van der Waals surface area contributed by atoms with Gasteiger partial charge in [-0.1, -0.05) is 6.07 Å². The third-order valence-electron chi connectivity index (χ3n) is 5.58. The number of carbonyl (C=O) groups excluding carboxylic acids is 1. The van der Waals surface area contributed by atoms with Gasteiger partial charge in [0, 0.05) is 37.9 Å². The number of hydrogen-bond acceptors (Lipinski definition) is 6. The molecule has 0 atom stereocenters. The number of amidine groups is 1. The van der Waals surface area contributed by atoms with E-state index >= 15 is 0 Å². The fourth-order valence-corrected chi connectivity index (χ4v) is 5.02. The van der Waals surface area contributed by atoms with Gasteiger partial charge in [-0.2, -0.15) is 0 Å². The Morgan fingerprint density at radius 3 is 2.76 bits per heavy atom. The first-order chi connectivity index (χ1) is 14.0. The summed E-state index contributed by atoms with van der Waals surface area (Å²) in [6.07, 6.45) is 8.68. The number of rotatable bonds is 2. The zero-order valence-electron chi connectivity index (χ0n) is 15.7. The molecule has 5 rings (SSSR count). The lowest BCUT2D eigenvalue weighted by atomic mass is 9.95. The van der Waals surface area contributed by atoms with Gasteiger partial charge < -0.3 is 9.80 Å². The zero-order chi connectivity index (χ0) is 20.0. The fraction of sp³-hybridized carbons (Fsp3) is 0.368. The minimum atomic E-state index is -3.53. The van der Waals surface area contributed by atoms with Crippen LogP contribution in [0.5, 0.6) is 0 Å². The van der Waals surface area contributed by atoms with Crippen LogP contribution in [0.25, 0.3) is 5.65 Å². The second kappa shape index (κ2) is 6.80. The summed E-state index contributed by atoms with van der Waals surface area (Å²) in [5.41, 5.74) is 1.15. The first-order valence-electron chi connectivity index (χ1n) is 9.59. The number of fused-ring (bicyclic) bond motifs is 2. The van der Waals surface area contributed by atoms with Crippen molar-refractivity contribution in [2.75, 3.05) is 25.4 Å². The Labute approximate surface area is 168 Å². The first kappa shape index (κ1) is 18.0. The molecule has 1 saturated heterocycles. The number of sulfonamides is 1. The van der Waals surface area contributed by atoms with E-state index in [1.165, 1.54) is 0 Å². The van der Waals surface area contributed by atoms with Crippen molar-refractivity contribution in [2.45, 2.75) is 18.8 Å². The largest absolute Gasteiger partial charge is 0.338 e. The Bertz CT molecular complexity index is 1170. The minimum absolute atomic E-state index is 0.0417. The van der Waals surface area contributed by atoms with Crippen molar-refractivity contribution in [3.05, 3.63) is 54.1 Å². The lowest BCUT2D eigenvalue weighted by molar-refractivity contribution is -0.127. The lowest BCUT2D eigenvalue weighted by Gasteiger charge is -2.34. The second-order valence-electron chi connectivity index (χ2n) is 7.37. The second-order valence-corrected chi connectivity index (χ2v) is 9.12. The number of pyridine rings is 1. The molecule has 1 amide bonds. The molecule has 0 unspecified atom stereocenters. The number of nitrogens with zero attached hydrogens (tertiary/aromatic N) is 6. The predicted octanol–water partition coefficient (Wildman–Crippen LogP) is 0.933. The molecule has 150 valence electrons. The van der Waals surface area contributed by atoms with Gasteiger partial charge in [-0.25, -0.2) is 8.42 Å². The quantitative estimate of drug-likeness (QED) is 0.728. The minimum Gasteiger partial charge on any atom is -0.338 e. The molecule has 10 heteroatoms. The van der Waals surface area contributed by atoms with Crippen LogP contribution in [0.1, 0.15) is 24.6 Å². The summed E-state index contributed by atoms with van der Waals surface area (Å²) in [4.78, 5) is 16.6. The highest BCUT2D eigenvalue weighted by Crippen LogP contribution is 2.28. The van der Waals surface area contributed by atoms with Crippen molar-refractivity contribution in [2.24, 2.45) is 4.40 Å². The van der Waals surface area contributed by atoms with Gasteiger partial charge in [0.2, 0.25) is 0 Å². The van der Waals surface area contributed by atoms with E-state index in [1.54, 1.807) is 28.2 Å². The molecule has 0 bridgehead atoms.